The Balaban J connectivity index is 2.72. The van der Waals surface area contributed by atoms with Gasteiger partial charge in [0.05, 0.1) is 25.9 Å². The number of rotatable bonds is 14. The molecule has 0 fully saturated rings. The van der Waals surface area contributed by atoms with Gasteiger partial charge in [0.1, 0.15) is 17.6 Å². The van der Waals surface area contributed by atoms with Crippen LogP contribution < -0.4 is 0 Å². The summed E-state index contributed by atoms with van der Waals surface area (Å²) in [4.78, 5) is 24.0. The molecule has 0 radical (unpaired) electrons. The number of carbonyl (C=O) groups excluding carboxylic acids is 2. The second-order valence-electron chi connectivity index (χ2n) is 7.83. The number of carbonyl (C=O) groups is 2. The topological polar surface area (TPSA) is 71.1 Å². The largest absolute Gasteiger partial charge is 0.460 e. The van der Waals surface area contributed by atoms with Crippen molar-refractivity contribution in [1.29, 1.82) is 0 Å². The molecule has 0 heterocycles. The highest BCUT2D eigenvalue weighted by Crippen LogP contribution is 2.24. The van der Waals surface area contributed by atoms with Gasteiger partial charge in [-0.2, -0.15) is 0 Å². The highest BCUT2D eigenvalue weighted by atomic mass is 16.6. The maximum Gasteiger partial charge on any atom is 0.316 e. The molecule has 158 valence electrons. The lowest BCUT2D eigenvalue weighted by atomic mass is 9.92. The van der Waals surface area contributed by atoms with Crippen molar-refractivity contribution in [2.45, 2.75) is 59.4 Å². The number of hydrogen-bond acceptors (Lipinski definition) is 6. The van der Waals surface area contributed by atoms with Crippen LogP contribution in [-0.2, 0) is 35.1 Å². The van der Waals surface area contributed by atoms with E-state index < -0.39 is 17.0 Å². The molecule has 0 amide bonds. The second-order valence-corrected chi connectivity index (χ2v) is 7.83. The van der Waals surface area contributed by atoms with Gasteiger partial charge in [-0.25, -0.2) is 0 Å². The van der Waals surface area contributed by atoms with Gasteiger partial charge in [0.2, 0.25) is 0 Å². The predicted molar refractivity (Wildman–Crippen MR) is 107 cm³/mol. The smallest absolute Gasteiger partial charge is 0.316 e. The molecule has 6 heteroatoms. The van der Waals surface area contributed by atoms with Crippen molar-refractivity contribution in [3.8, 4) is 0 Å². The molecule has 0 N–H and O–H groups in total. The number of benzene rings is 1. The Morgan fingerprint density at radius 3 is 2.43 bits per heavy atom. The van der Waals surface area contributed by atoms with Crippen LogP contribution in [0.5, 0.6) is 0 Å². The Hall–Kier alpha value is -1.76. The van der Waals surface area contributed by atoms with Gasteiger partial charge in [0.15, 0.2) is 6.29 Å². The fourth-order valence-electron chi connectivity index (χ4n) is 2.20. The summed E-state index contributed by atoms with van der Waals surface area (Å²) in [5.74, 6) is -0.431. The molecule has 1 rings (SSSR count). The molecular formula is C22H34O6. The van der Waals surface area contributed by atoms with E-state index >= 15 is 0 Å². The van der Waals surface area contributed by atoms with E-state index in [-0.39, 0.29) is 25.9 Å². The van der Waals surface area contributed by atoms with Gasteiger partial charge in [0.25, 0.3) is 0 Å². The average Bonchev–Trinajstić information content (AvgIpc) is 2.70. The zero-order valence-corrected chi connectivity index (χ0v) is 17.7. The summed E-state index contributed by atoms with van der Waals surface area (Å²) >= 11 is 0. The van der Waals surface area contributed by atoms with Gasteiger partial charge in [-0.1, -0.05) is 37.3 Å². The summed E-state index contributed by atoms with van der Waals surface area (Å²) in [5, 5.41) is 0. The molecule has 2 atom stereocenters. The van der Waals surface area contributed by atoms with E-state index in [4.69, 9.17) is 18.9 Å². The predicted octanol–water partition coefficient (Wildman–Crippen LogP) is 3.56. The third kappa shape index (κ3) is 8.95. The average molecular weight is 395 g/mol. The van der Waals surface area contributed by atoms with Crippen molar-refractivity contribution in [3.05, 3.63) is 35.9 Å². The fraction of sp³-hybridized carbons (Fsp3) is 0.636. The summed E-state index contributed by atoms with van der Waals surface area (Å²) < 4.78 is 22.5. The van der Waals surface area contributed by atoms with Crippen molar-refractivity contribution < 1.29 is 28.5 Å². The van der Waals surface area contributed by atoms with Crippen molar-refractivity contribution in [2.75, 3.05) is 26.4 Å². The van der Waals surface area contributed by atoms with Crippen molar-refractivity contribution >= 4 is 12.3 Å². The van der Waals surface area contributed by atoms with E-state index in [9.17, 15) is 9.59 Å². The molecule has 0 aliphatic carbocycles. The zero-order chi connectivity index (χ0) is 21.0. The number of ether oxygens (including phenoxy) is 4. The molecule has 0 saturated heterocycles. The van der Waals surface area contributed by atoms with Crippen LogP contribution >= 0.6 is 0 Å². The van der Waals surface area contributed by atoms with Gasteiger partial charge in [0, 0.05) is 6.61 Å². The molecule has 0 aliphatic rings. The maximum atomic E-state index is 12.8. The molecule has 1 aromatic carbocycles. The SMILES string of the molecule is CCCOCC(C)OCC(C)(COC(C)(C)C=O)C(=O)OCc1ccccc1. The van der Waals surface area contributed by atoms with E-state index in [1.54, 1.807) is 20.8 Å². The molecule has 1 aromatic rings. The first-order valence-corrected chi connectivity index (χ1v) is 9.73. The van der Waals surface area contributed by atoms with Crippen molar-refractivity contribution in [1.82, 2.24) is 0 Å². The zero-order valence-electron chi connectivity index (χ0n) is 17.7. The van der Waals surface area contributed by atoms with Gasteiger partial charge < -0.3 is 23.7 Å². The van der Waals surface area contributed by atoms with E-state index in [0.717, 1.165) is 12.0 Å². The minimum absolute atomic E-state index is 0.00883. The molecule has 2 unspecified atom stereocenters. The third-order valence-electron chi connectivity index (χ3n) is 4.14. The Morgan fingerprint density at radius 2 is 1.82 bits per heavy atom. The normalized spacial score (nSPS) is 14.9. The second kappa shape index (κ2) is 11.9. The van der Waals surface area contributed by atoms with Crippen LogP contribution in [-0.4, -0.2) is 50.4 Å². The highest BCUT2D eigenvalue weighted by molar-refractivity contribution is 5.77. The Bertz CT molecular complexity index is 586. The lowest BCUT2D eigenvalue weighted by Gasteiger charge is -2.31. The van der Waals surface area contributed by atoms with E-state index in [1.807, 2.05) is 44.2 Å². The first-order chi connectivity index (χ1) is 13.2. The Kier molecular flexibility index (Phi) is 10.4. The van der Waals surface area contributed by atoms with E-state index in [1.165, 1.54) is 0 Å². The summed E-state index contributed by atoms with van der Waals surface area (Å²) in [6, 6.07) is 9.46. The van der Waals surface area contributed by atoms with Crippen LogP contribution in [0.25, 0.3) is 0 Å². The molecule has 6 nitrogen and oxygen atoms in total. The summed E-state index contributed by atoms with van der Waals surface area (Å²) in [5.41, 5.74) is -1.14. The molecule has 28 heavy (non-hydrogen) atoms. The van der Waals surface area contributed by atoms with Crippen LogP contribution in [0.4, 0.5) is 0 Å². The van der Waals surface area contributed by atoms with E-state index in [2.05, 4.69) is 0 Å². The molecule has 0 aliphatic heterocycles. The van der Waals surface area contributed by atoms with Crippen molar-refractivity contribution in [2.24, 2.45) is 5.41 Å². The summed E-state index contributed by atoms with van der Waals surface area (Å²) in [6.45, 7) is 10.3. The quantitative estimate of drug-likeness (QED) is 0.273. The first kappa shape index (κ1) is 24.3. The number of aldehydes is 1. The minimum atomic E-state index is -1.05. The fourth-order valence-corrected chi connectivity index (χ4v) is 2.20. The van der Waals surface area contributed by atoms with Crippen LogP contribution in [0, 0.1) is 5.41 Å². The van der Waals surface area contributed by atoms with Crippen LogP contribution in [0.15, 0.2) is 30.3 Å². The highest BCUT2D eigenvalue weighted by Gasteiger charge is 2.38. The summed E-state index contributed by atoms with van der Waals surface area (Å²) in [6.07, 6.45) is 1.47. The van der Waals surface area contributed by atoms with Gasteiger partial charge >= 0.3 is 5.97 Å². The van der Waals surface area contributed by atoms with Gasteiger partial charge in [-0.15, -0.1) is 0 Å². The van der Waals surface area contributed by atoms with Crippen LogP contribution in [0.3, 0.4) is 0 Å². The molecule has 0 saturated carbocycles. The van der Waals surface area contributed by atoms with E-state index in [0.29, 0.717) is 19.5 Å². The van der Waals surface area contributed by atoms with Crippen LogP contribution in [0.2, 0.25) is 0 Å². The summed E-state index contributed by atoms with van der Waals surface area (Å²) in [7, 11) is 0. The lowest BCUT2D eigenvalue weighted by molar-refractivity contribution is -0.173. The number of esters is 1. The van der Waals surface area contributed by atoms with Gasteiger partial charge in [-0.3, -0.25) is 4.79 Å². The van der Waals surface area contributed by atoms with Crippen LogP contribution in [0.1, 0.15) is 46.6 Å². The Labute approximate surface area is 168 Å². The lowest BCUT2D eigenvalue weighted by Crippen LogP contribution is -2.43. The minimum Gasteiger partial charge on any atom is -0.460 e. The first-order valence-electron chi connectivity index (χ1n) is 9.73. The maximum absolute atomic E-state index is 12.8. The molecule has 0 spiro atoms. The van der Waals surface area contributed by atoms with Gasteiger partial charge in [-0.05, 0) is 39.7 Å². The molecule has 0 aromatic heterocycles. The third-order valence-corrected chi connectivity index (χ3v) is 4.14. The van der Waals surface area contributed by atoms with Crippen molar-refractivity contribution in [3.63, 3.8) is 0 Å². The number of hydrogen-bond donors (Lipinski definition) is 0. The standard InChI is InChI=1S/C22H34O6/c1-6-12-25-13-18(2)27-16-22(5,17-28-21(3,4)15-23)20(24)26-14-19-10-8-7-9-11-19/h7-11,15,18H,6,12-14,16-17H2,1-5H3. The Morgan fingerprint density at radius 1 is 1.14 bits per heavy atom. The molecular weight excluding hydrogens is 360 g/mol. The monoisotopic (exact) mass is 394 g/mol. The molecule has 0 bridgehead atoms.